The highest BCUT2D eigenvalue weighted by atomic mass is 32.2. The van der Waals surface area contributed by atoms with Crippen molar-refractivity contribution in [3.8, 4) is 0 Å². The molecule has 122 valence electrons. The Labute approximate surface area is 136 Å². The SMILES string of the molecule is CSCCCN1C(=O)CC[C@@H]1CCNCc1ccccc1F. The van der Waals surface area contributed by atoms with Gasteiger partial charge in [-0.2, -0.15) is 11.8 Å². The standard InChI is InChI=1S/C17H25FN2OS/c1-22-12-4-11-20-15(7-8-17(20)21)9-10-19-13-14-5-2-3-6-16(14)18/h2-3,5-6,15,19H,4,7-13H2,1H3/t15-/m1/s1. The highest BCUT2D eigenvalue weighted by molar-refractivity contribution is 7.98. The van der Waals surface area contributed by atoms with Gasteiger partial charge in [0.1, 0.15) is 5.82 Å². The van der Waals surface area contributed by atoms with Crippen LogP contribution in [-0.4, -0.2) is 41.9 Å². The lowest BCUT2D eigenvalue weighted by atomic mass is 10.1. The molecule has 1 amide bonds. The van der Waals surface area contributed by atoms with E-state index >= 15 is 0 Å². The molecule has 0 radical (unpaired) electrons. The van der Waals surface area contributed by atoms with Crippen molar-refractivity contribution in [1.29, 1.82) is 0 Å². The Kier molecular flexibility index (Phi) is 7.19. The summed E-state index contributed by atoms with van der Waals surface area (Å²) >= 11 is 1.82. The maximum Gasteiger partial charge on any atom is 0.222 e. The van der Waals surface area contributed by atoms with Crippen LogP contribution in [0.1, 0.15) is 31.2 Å². The van der Waals surface area contributed by atoms with Crippen molar-refractivity contribution in [3.63, 3.8) is 0 Å². The van der Waals surface area contributed by atoms with Crippen LogP contribution >= 0.6 is 11.8 Å². The summed E-state index contributed by atoms with van der Waals surface area (Å²) in [7, 11) is 0. The summed E-state index contributed by atoms with van der Waals surface area (Å²) in [6, 6.07) is 7.19. The molecule has 1 aromatic rings. The first-order valence-corrected chi connectivity index (χ1v) is 9.34. The molecule has 1 atom stereocenters. The average Bonchev–Trinajstić information content (AvgIpc) is 2.86. The van der Waals surface area contributed by atoms with Crippen LogP contribution in [0.25, 0.3) is 0 Å². The third kappa shape index (κ3) is 4.99. The van der Waals surface area contributed by atoms with Crippen LogP contribution in [0.5, 0.6) is 0 Å². The first kappa shape index (κ1) is 17.3. The number of nitrogens with zero attached hydrogens (tertiary/aromatic N) is 1. The molecule has 1 aliphatic rings. The summed E-state index contributed by atoms with van der Waals surface area (Å²) in [5, 5.41) is 3.29. The van der Waals surface area contributed by atoms with Crippen molar-refractivity contribution < 1.29 is 9.18 Å². The fourth-order valence-electron chi connectivity index (χ4n) is 2.91. The minimum Gasteiger partial charge on any atom is -0.340 e. The van der Waals surface area contributed by atoms with Crippen molar-refractivity contribution in [2.45, 2.75) is 38.3 Å². The summed E-state index contributed by atoms with van der Waals surface area (Å²) in [6.45, 7) is 2.22. The molecular formula is C17H25FN2OS. The van der Waals surface area contributed by atoms with Crippen LogP contribution < -0.4 is 5.32 Å². The van der Waals surface area contributed by atoms with E-state index in [9.17, 15) is 9.18 Å². The molecule has 0 aliphatic carbocycles. The lowest BCUT2D eigenvalue weighted by molar-refractivity contribution is -0.129. The van der Waals surface area contributed by atoms with Crippen LogP contribution in [0.2, 0.25) is 0 Å². The third-order valence-electron chi connectivity index (χ3n) is 4.13. The second kappa shape index (κ2) is 9.16. The van der Waals surface area contributed by atoms with E-state index in [2.05, 4.69) is 11.6 Å². The summed E-state index contributed by atoms with van der Waals surface area (Å²) in [5.74, 6) is 1.23. The molecule has 1 heterocycles. The van der Waals surface area contributed by atoms with Gasteiger partial charge in [-0.05, 0) is 43.9 Å². The molecule has 0 saturated carbocycles. The second-order valence-electron chi connectivity index (χ2n) is 5.68. The molecular weight excluding hydrogens is 299 g/mol. The number of rotatable bonds is 9. The number of hydrogen-bond acceptors (Lipinski definition) is 3. The molecule has 0 aromatic heterocycles. The molecule has 3 nitrogen and oxygen atoms in total. The Morgan fingerprint density at radius 2 is 2.23 bits per heavy atom. The summed E-state index contributed by atoms with van der Waals surface area (Å²) in [6.07, 6.45) is 5.73. The number of benzene rings is 1. The van der Waals surface area contributed by atoms with E-state index in [1.165, 1.54) is 6.07 Å². The lowest BCUT2D eigenvalue weighted by Crippen LogP contribution is -2.36. The number of halogens is 1. The fourth-order valence-corrected chi connectivity index (χ4v) is 3.33. The number of carbonyl (C=O) groups excluding carboxylic acids is 1. The van der Waals surface area contributed by atoms with E-state index in [1.54, 1.807) is 12.1 Å². The topological polar surface area (TPSA) is 32.3 Å². The number of thioether (sulfide) groups is 1. The van der Waals surface area contributed by atoms with Crippen LogP contribution in [-0.2, 0) is 11.3 Å². The van der Waals surface area contributed by atoms with Gasteiger partial charge in [0.05, 0.1) is 0 Å². The number of amides is 1. The van der Waals surface area contributed by atoms with E-state index in [0.717, 1.165) is 38.1 Å². The summed E-state index contributed by atoms with van der Waals surface area (Å²) in [4.78, 5) is 14.0. The minimum absolute atomic E-state index is 0.162. The molecule has 1 aliphatic heterocycles. The molecule has 1 fully saturated rings. The van der Waals surface area contributed by atoms with Gasteiger partial charge in [-0.15, -0.1) is 0 Å². The Balaban J connectivity index is 1.71. The number of nitrogens with one attached hydrogen (secondary N) is 1. The van der Waals surface area contributed by atoms with Gasteiger partial charge in [0.15, 0.2) is 0 Å². The first-order valence-electron chi connectivity index (χ1n) is 7.95. The summed E-state index contributed by atoms with van der Waals surface area (Å²) < 4.78 is 13.5. The maximum atomic E-state index is 13.5. The summed E-state index contributed by atoms with van der Waals surface area (Å²) in [5.41, 5.74) is 0.696. The molecule has 0 unspecified atom stereocenters. The normalized spacial score (nSPS) is 18.2. The number of likely N-dealkylation sites (tertiary alicyclic amines) is 1. The lowest BCUT2D eigenvalue weighted by Gasteiger charge is -2.25. The van der Waals surface area contributed by atoms with Gasteiger partial charge >= 0.3 is 0 Å². The van der Waals surface area contributed by atoms with E-state index in [0.29, 0.717) is 30.5 Å². The van der Waals surface area contributed by atoms with Crippen molar-refractivity contribution in [2.75, 3.05) is 25.1 Å². The van der Waals surface area contributed by atoms with Crippen molar-refractivity contribution in [1.82, 2.24) is 10.2 Å². The molecule has 2 rings (SSSR count). The monoisotopic (exact) mass is 324 g/mol. The van der Waals surface area contributed by atoms with Crippen molar-refractivity contribution in [3.05, 3.63) is 35.6 Å². The fraction of sp³-hybridized carbons (Fsp3) is 0.588. The Morgan fingerprint density at radius 1 is 1.41 bits per heavy atom. The predicted octanol–water partition coefficient (Wildman–Crippen LogP) is 3.05. The Bertz CT molecular complexity index is 483. The van der Waals surface area contributed by atoms with Gasteiger partial charge in [-0.1, -0.05) is 18.2 Å². The van der Waals surface area contributed by atoms with E-state index < -0.39 is 0 Å². The van der Waals surface area contributed by atoms with E-state index in [-0.39, 0.29) is 5.82 Å². The van der Waals surface area contributed by atoms with Gasteiger partial charge in [0.25, 0.3) is 0 Å². The minimum atomic E-state index is -0.162. The zero-order valence-corrected chi connectivity index (χ0v) is 14.0. The molecule has 0 bridgehead atoms. The highest BCUT2D eigenvalue weighted by Gasteiger charge is 2.29. The molecule has 5 heteroatoms. The van der Waals surface area contributed by atoms with Gasteiger partial charge in [-0.25, -0.2) is 4.39 Å². The molecule has 1 aromatic carbocycles. The second-order valence-corrected chi connectivity index (χ2v) is 6.67. The van der Waals surface area contributed by atoms with Crippen molar-refractivity contribution in [2.24, 2.45) is 0 Å². The zero-order valence-electron chi connectivity index (χ0n) is 13.2. The largest absolute Gasteiger partial charge is 0.340 e. The quantitative estimate of drug-likeness (QED) is 0.709. The van der Waals surface area contributed by atoms with Gasteiger partial charge < -0.3 is 10.2 Å². The van der Waals surface area contributed by atoms with Crippen LogP contribution in [0.4, 0.5) is 4.39 Å². The van der Waals surface area contributed by atoms with Crippen LogP contribution in [0.15, 0.2) is 24.3 Å². The Hall–Kier alpha value is -1.07. The van der Waals surface area contributed by atoms with E-state index in [4.69, 9.17) is 0 Å². The third-order valence-corrected chi connectivity index (χ3v) is 4.82. The number of hydrogen-bond donors (Lipinski definition) is 1. The smallest absolute Gasteiger partial charge is 0.222 e. The molecule has 1 N–H and O–H groups in total. The first-order chi connectivity index (χ1) is 10.7. The molecule has 22 heavy (non-hydrogen) atoms. The van der Waals surface area contributed by atoms with Gasteiger partial charge in [-0.3, -0.25) is 4.79 Å². The highest BCUT2D eigenvalue weighted by Crippen LogP contribution is 2.21. The average molecular weight is 324 g/mol. The molecule has 1 saturated heterocycles. The number of carbonyl (C=O) groups is 1. The maximum absolute atomic E-state index is 13.5. The van der Waals surface area contributed by atoms with Gasteiger partial charge in [0.2, 0.25) is 5.91 Å². The zero-order chi connectivity index (χ0) is 15.8. The van der Waals surface area contributed by atoms with Crippen LogP contribution in [0.3, 0.4) is 0 Å². The Morgan fingerprint density at radius 3 is 3.00 bits per heavy atom. The predicted molar refractivity (Wildman–Crippen MR) is 90.5 cm³/mol. The molecule has 0 spiro atoms. The van der Waals surface area contributed by atoms with Crippen LogP contribution in [0, 0.1) is 5.82 Å². The van der Waals surface area contributed by atoms with Crippen molar-refractivity contribution >= 4 is 17.7 Å². The van der Waals surface area contributed by atoms with Gasteiger partial charge in [0, 0.05) is 31.1 Å². The van der Waals surface area contributed by atoms with E-state index in [1.807, 2.05) is 22.7 Å².